The van der Waals surface area contributed by atoms with Crippen molar-refractivity contribution in [3.8, 4) is 0 Å². The number of methoxy groups -OCH3 is 1. The topological polar surface area (TPSA) is 38.3 Å². The van der Waals surface area contributed by atoms with E-state index in [2.05, 4.69) is 5.32 Å². The van der Waals surface area contributed by atoms with Crippen molar-refractivity contribution in [3.05, 3.63) is 28.8 Å². The van der Waals surface area contributed by atoms with Gasteiger partial charge >= 0.3 is 5.97 Å². The highest BCUT2D eigenvalue weighted by molar-refractivity contribution is 6.31. The Hall–Kier alpha value is -1.22. The van der Waals surface area contributed by atoms with Gasteiger partial charge in [-0.25, -0.2) is 4.79 Å². The predicted octanol–water partition coefficient (Wildman–Crippen LogP) is 4.26. The Balaban J connectivity index is 2.16. The number of esters is 1. The molecule has 3 nitrogen and oxygen atoms in total. The number of carbonyl (C=O) groups is 1. The van der Waals surface area contributed by atoms with E-state index in [1.54, 1.807) is 12.1 Å². The number of nitrogens with one attached hydrogen (secondary N) is 1. The minimum Gasteiger partial charge on any atom is -0.465 e. The fraction of sp³-hybridized carbons (Fsp3) is 0.533. The minimum atomic E-state index is -0.348. The zero-order valence-electron chi connectivity index (χ0n) is 11.2. The number of benzene rings is 1. The maximum atomic E-state index is 11.8. The van der Waals surface area contributed by atoms with E-state index in [1.165, 1.54) is 32.8 Å². The molecule has 0 unspecified atom stereocenters. The third-order valence-electron chi connectivity index (χ3n) is 3.60. The Bertz CT molecular complexity index is 440. The summed E-state index contributed by atoms with van der Waals surface area (Å²) in [6.45, 7) is 0. The van der Waals surface area contributed by atoms with Crippen LogP contribution in [-0.2, 0) is 4.74 Å². The van der Waals surface area contributed by atoms with Crippen LogP contribution in [-0.4, -0.2) is 19.1 Å². The van der Waals surface area contributed by atoms with Crippen molar-refractivity contribution in [2.45, 2.75) is 44.6 Å². The molecule has 0 atom stereocenters. The van der Waals surface area contributed by atoms with Crippen LogP contribution in [0.25, 0.3) is 0 Å². The molecule has 0 aliphatic heterocycles. The van der Waals surface area contributed by atoms with E-state index in [-0.39, 0.29) is 5.97 Å². The van der Waals surface area contributed by atoms with E-state index in [1.807, 2.05) is 6.07 Å². The summed E-state index contributed by atoms with van der Waals surface area (Å²) in [6.07, 6.45) is 7.43. The van der Waals surface area contributed by atoms with Gasteiger partial charge < -0.3 is 10.1 Å². The molecule has 1 aliphatic rings. The second kappa shape index (κ2) is 6.80. The van der Waals surface area contributed by atoms with Gasteiger partial charge in [-0.05, 0) is 31.0 Å². The first-order valence-electron chi connectivity index (χ1n) is 6.85. The molecule has 0 amide bonds. The molecule has 1 aliphatic carbocycles. The van der Waals surface area contributed by atoms with E-state index >= 15 is 0 Å². The summed E-state index contributed by atoms with van der Waals surface area (Å²) in [4.78, 5) is 11.8. The molecule has 1 aromatic carbocycles. The van der Waals surface area contributed by atoms with Gasteiger partial charge in [-0.2, -0.15) is 0 Å². The smallest absolute Gasteiger partial charge is 0.340 e. The summed E-state index contributed by atoms with van der Waals surface area (Å²) in [5.41, 5.74) is 1.34. The molecular weight excluding hydrogens is 262 g/mol. The fourth-order valence-electron chi connectivity index (χ4n) is 2.56. The highest BCUT2D eigenvalue weighted by Gasteiger charge is 2.17. The van der Waals surface area contributed by atoms with Crippen molar-refractivity contribution in [2.24, 2.45) is 0 Å². The molecule has 0 bridgehead atoms. The Morgan fingerprint density at radius 2 is 1.95 bits per heavy atom. The first-order chi connectivity index (χ1) is 9.20. The number of carbonyl (C=O) groups excluding carboxylic acids is 1. The second-order valence-corrected chi connectivity index (χ2v) is 5.45. The molecule has 104 valence electrons. The Morgan fingerprint density at radius 1 is 1.26 bits per heavy atom. The third-order valence-corrected chi connectivity index (χ3v) is 3.84. The molecule has 0 aromatic heterocycles. The first kappa shape index (κ1) is 14.2. The van der Waals surface area contributed by atoms with E-state index in [9.17, 15) is 4.79 Å². The third kappa shape index (κ3) is 3.87. The number of anilines is 1. The quantitative estimate of drug-likeness (QED) is 0.664. The van der Waals surface area contributed by atoms with Crippen molar-refractivity contribution in [1.82, 2.24) is 0 Å². The van der Waals surface area contributed by atoms with Gasteiger partial charge in [-0.15, -0.1) is 0 Å². The SMILES string of the molecule is COC(=O)c1cc(Cl)ccc1NC1CCCCCC1. The molecule has 19 heavy (non-hydrogen) atoms. The lowest BCUT2D eigenvalue weighted by atomic mass is 10.1. The predicted molar refractivity (Wildman–Crippen MR) is 77.9 cm³/mol. The number of hydrogen-bond donors (Lipinski definition) is 1. The molecule has 0 heterocycles. The summed E-state index contributed by atoms with van der Waals surface area (Å²) >= 11 is 5.95. The molecule has 1 fully saturated rings. The van der Waals surface area contributed by atoms with E-state index in [0.29, 0.717) is 16.6 Å². The molecule has 0 saturated heterocycles. The van der Waals surface area contributed by atoms with Crippen molar-refractivity contribution in [3.63, 3.8) is 0 Å². The van der Waals surface area contributed by atoms with Gasteiger partial charge in [0, 0.05) is 16.8 Å². The van der Waals surface area contributed by atoms with Gasteiger partial charge in [0.05, 0.1) is 12.7 Å². The van der Waals surface area contributed by atoms with Crippen molar-refractivity contribution in [1.29, 1.82) is 0 Å². The van der Waals surface area contributed by atoms with Gasteiger partial charge in [0.1, 0.15) is 0 Å². The highest BCUT2D eigenvalue weighted by atomic mass is 35.5. The molecule has 2 rings (SSSR count). The second-order valence-electron chi connectivity index (χ2n) is 5.01. The standard InChI is InChI=1S/C15H20ClNO2/c1-19-15(18)13-10-11(16)8-9-14(13)17-12-6-4-2-3-5-7-12/h8-10,12,17H,2-7H2,1H3. The summed E-state index contributed by atoms with van der Waals surface area (Å²) in [5.74, 6) is -0.348. The van der Waals surface area contributed by atoms with Crippen LogP contribution in [0.5, 0.6) is 0 Å². The van der Waals surface area contributed by atoms with Gasteiger partial charge in [0.25, 0.3) is 0 Å². The summed E-state index contributed by atoms with van der Waals surface area (Å²) < 4.78 is 4.81. The average molecular weight is 282 g/mol. The summed E-state index contributed by atoms with van der Waals surface area (Å²) in [7, 11) is 1.39. The molecule has 0 spiro atoms. The molecule has 0 radical (unpaired) electrons. The largest absolute Gasteiger partial charge is 0.465 e. The highest BCUT2D eigenvalue weighted by Crippen LogP contribution is 2.26. The average Bonchev–Trinajstić information content (AvgIpc) is 2.68. The van der Waals surface area contributed by atoms with E-state index in [0.717, 1.165) is 18.5 Å². The normalized spacial score (nSPS) is 16.7. The maximum absolute atomic E-state index is 11.8. The first-order valence-corrected chi connectivity index (χ1v) is 7.23. The number of ether oxygens (including phenoxy) is 1. The molecule has 1 saturated carbocycles. The zero-order chi connectivity index (χ0) is 13.7. The van der Waals surface area contributed by atoms with Crippen LogP contribution < -0.4 is 5.32 Å². The van der Waals surface area contributed by atoms with Gasteiger partial charge in [-0.3, -0.25) is 0 Å². The molecular formula is C15H20ClNO2. The van der Waals surface area contributed by atoms with Gasteiger partial charge in [0.15, 0.2) is 0 Å². The van der Waals surface area contributed by atoms with Crippen molar-refractivity contribution >= 4 is 23.3 Å². The van der Waals surface area contributed by atoms with Crippen LogP contribution >= 0.6 is 11.6 Å². The van der Waals surface area contributed by atoms with E-state index in [4.69, 9.17) is 16.3 Å². The fourth-order valence-corrected chi connectivity index (χ4v) is 2.74. The molecule has 1 aromatic rings. The Labute approximate surface area is 119 Å². The number of halogens is 1. The Kier molecular flexibility index (Phi) is 5.08. The number of rotatable bonds is 3. The Morgan fingerprint density at radius 3 is 2.58 bits per heavy atom. The van der Waals surface area contributed by atoms with E-state index < -0.39 is 0 Å². The number of hydrogen-bond acceptors (Lipinski definition) is 3. The molecule has 1 N–H and O–H groups in total. The lowest BCUT2D eigenvalue weighted by Gasteiger charge is -2.19. The van der Waals surface area contributed by atoms with Crippen LogP contribution in [0.15, 0.2) is 18.2 Å². The maximum Gasteiger partial charge on any atom is 0.340 e. The van der Waals surface area contributed by atoms with Crippen LogP contribution in [0.2, 0.25) is 5.02 Å². The van der Waals surface area contributed by atoms with Crippen LogP contribution in [0.3, 0.4) is 0 Å². The zero-order valence-corrected chi connectivity index (χ0v) is 12.0. The van der Waals surface area contributed by atoms with Crippen LogP contribution in [0.4, 0.5) is 5.69 Å². The summed E-state index contributed by atoms with van der Waals surface area (Å²) in [6, 6.07) is 5.76. The monoisotopic (exact) mass is 281 g/mol. The van der Waals surface area contributed by atoms with Gasteiger partial charge in [0.2, 0.25) is 0 Å². The van der Waals surface area contributed by atoms with Gasteiger partial charge in [-0.1, -0.05) is 37.3 Å². The summed E-state index contributed by atoms with van der Waals surface area (Å²) in [5, 5.41) is 4.02. The van der Waals surface area contributed by atoms with Crippen LogP contribution in [0, 0.1) is 0 Å². The van der Waals surface area contributed by atoms with Crippen molar-refractivity contribution in [2.75, 3.05) is 12.4 Å². The lowest BCUT2D eigenvalue weighted by molar-refractivity contribution is 0.0602. The molecule has 4 heteroatoms. The lowest BCUT2D eigenvalue weighted by Crippen LogP contribution is -2.20. The van der Waals surface area contributed by atoms with Crippen LogP contribution in [0.1, 0.15) is 48.9 Å². The minimum absolute atomic E-state index is 0.348. The van der Waals surface area contributed by atoms with Crippen molar-refractivity contribution < 1.29 is 9.53 Å².